The lowest BCUT2D eigenvalue weighted by molar-refractivity contribution is 0.483. The van der Waals surface area contributed by atoms with E-state index in [0.29, 0.717) is 5.92 Å². The van der Waals surface area contributed by atoms with Crippen LogP contribution >= 0.6 is 0 Å². The van der Waals surface area contributed by atoms with Gasteiger partial charge in [-0.3, -0.25) is 4.55 Å². The van der Waals surface area contributed by atoms with Gasteiger partial charge in [-0.15, -0.1) is 0 Å². The maximum atomic E-state index is 11.0. The average molecular weight is 290 g/mol. The molecule has 106 valence electrons. The highest BCUT2D eigenvalue weighted by Gasteiger charge is 2.11. The minimum Gasteiger partial charge on any atom is -0.282 e. The predicted molar refractivity (Wildman–Crippen MR) is 79.4 cm³/mol. The quantitative estimate of drug-likeness (QED) is 0.855. The zero-order valence-corrected chi connectivity index (χ0v) is 12.2. The van der Waals surface area contributed by atoms with Crippen molar-refractivity contribution in [3.63, 3.8) is 0 Å². The molecule has 0 radical (unpaired) electrons. The molecule has 0 spiro atoms. The Labute approximate surface area is 120 Å². The van der Waals surface area contributed by atoms with E-state index in [0.717, 1.165) is 18.4 Å². The molecule has 0 aliphatic rings. The molecule has 0 fully saturated rings. The Morgan fingerprint density at radius 1 is 1.00 bits per heavy atom. The Balaban J connectivity index is 2.01. The monoisotopic (exact) mass is 290 g/mol. The van der Waals surface area contributed by atoms with E-state index >= 15 is 0 Å². The van der Waals surface area contributed by atoms with Gasteiger partial charge in [-0.05, 0) is 42.0 Å². The van der Waals surface area contributed by atoms with E-state index in [-0.39, 0.29) is 4.90 Å². The molecule has 0 saturated heterocycles. The van der Waals surface area contributed by atoms with Crippen molar-refractivity contribution in [1.29, 1.82) is 0 Å². The van der Waals surface area contributed by atoms with Crippen molar-refractivity contribution in [2.24, 2.45) is 0 Å². The van der Waals surface area contributed by atoms with E-state index in [2.05, 4.69) is 19.1 Å². The molecule has 3 nitrogen and oxygen atoms in total. The molecule has 1 atom stereocenters. The first-order valence-corrected chi connectivity index (χ1v) is 8.02. The Bertz CT molecular complexity index is 646. The van der Waals surface area contributed by atoms with Gasteiger partial charge in [-0.1, -0.05) is 49.4 Å². The van der Waals surface area contributed by atoms with Gasteiger partial charge in [0.25, 0.3) is 10.1 Å². The van der Waals surface area contributed by atoms with Crippen LogP contribution in [0.25, 0.3) is 0 Å². The molecule has 1 unspecified atom stereocenters. The molecule has 0 aliphatic carbocycles. The molecule has 2 aromatic rings. The fourth-order valence-corrected chi connectivity index (χ4v) is 2.64. The summed E-state index contributed by atoms with van der Waals surface area (Å²) in [5.74, 6) is 0.339. The van der Waals surface area contributed by atoms with Crippen LogP contribution in [0.2, 0.25) is 0 Å². The largest absolute Gasteiger partial charge is 0.294 e. The average Bonchev–Trinajstić information content (AvgIpc) is 2.45. The predicted octanol–water partition coefficient (Wildman–Crippen LogP) is 3.67. The first-order valence-electron chi connectivity index (χ1n) is 6.58. The summed E-state index contributed by atoms with van der Waals surface area (Å²) in [7, 11) is -4.10. The second-order valence-electron chi connectivity index (χ2n) is 4.97. The fraction of sp³-hybridized carbons (Fsp3) is 0.250. The molecule has 0 aliphatic heterocycles. The van der Waals surface area contributed by atoms with Crippen molar-refractivity contribution in [1.82, 2.24) is 0 Å². The lowest BCUT2D eigenvalue weighted by Crippen LogP contribution is -2.00. The summed E-state index contributed by atoms with van der Waals surface area (Å²) in [4.78, 5) is -0.0588. The van der Waals surface area contributed by atoms with Crippen LogP contribution in [0.3, 0.4) is 0 Å². The minimum absolute atomic E-state index is 0.0588. The van der Waals surface area contributed by atoms with Crippen molar-refractivity contribution in [2.75, 3.05) is 0 Å². The molecular formula is C16H18O3S. The third-order valence-electron chi connectivity index (χ3n) is 3.46. The van der Waals surface area contributed by atoms with E-state index in [9.17, 15) is 8.42 Å². The number of hydrogen-bond donors (Lipinski definition) is 1. The molecule has 0 bridgehead atoms. The van der Waals surface area contributed by atoms with Crippen LogP contribution < -0.4 is 0 Å². The molecule has 0 amide bonds. The first-order chi connectivity index (χ1) is 9.47. The first kappa shape index (κ1) is 14.8. The topological polar surface area (TPSA) is 54.4 Å². The van der Waals surface area contributed by atoms with E-state index in [1.807, 2.05) is 18.2 Å². The lowest BCUT2D eigenvalue weighted by atomic mass is 9.94. The SMILES string of the molecule is CC(CCc1ccccc1)c1ccc(S(=O)(=O)O)cc1. The smallest absolute Gasteiger partial charge is 0.282 e. The van der Waals surface area contributed by atoms with E-state index in [1.54, 1.807) is 12.1 Å². The van der Waals surface area contributed by atoms with Gasteiger partial charge in [0.2, 0.25) is 0 Å². The van der Waals surface area contributed by atoms with Crippen LogP contribution in [0.15, 0.2) is 59.5 Å². The third kappa shape index (κ3) is 3.92. The maximum absolute atomic E-state index is 11.0. The van der Waals surface area contributed by atoms with Crippen molar-refractivity contribution in [2.45, 2.75) is 30.6 Å². The lowest BCUT2D eigenvalue weighted by Gasteiger charge is -2.12. The molecule has 0 saturated carbocycles. The third-order valence-corrected chi connectivity index (χ3v) is 4.32. The van der Waals surface area contributed by atoms with Crippen LogP contribution in [-0.2, 0) is 16.5 Å². The van der Waals surface area contributed by atoms with Gasteiger partial charge in [0.15, 0.2) is 0 Å². The van der Waals surface area contributed by atoms with Crippen molar-refractivity contribution >= 4 is 10.1 Å². The Hall–Kier alpha value is -1.65. The van der Waals surface area contributed by atoms with Crippen LogP contribution in [0.4, 0.5) is 0 Å². The summed E-state index contributed by atoms with van der Waals surface area (Å²) < 4.78 is 30.9. The number of rotatable bonds is 5. The summed E-state index contributed by atoms with van der Waals surface area (Å²) in [6.07, 6.45) is 1.98. The second kappa shape index (κ2) is 6.20. The van der Waals surface area contributed by atoms with Gasteiger partial charge in [-0.2, -0.15) is 8.42 Å². The van der Waals surface area contributed by atoms with E-state index < -0.39 is 10.1 Å². The van der Waals surface area contributed by atoms with E-state index in [1.165, 1.54) is 17.7 Å². The normalized spacial score (nSPS) is 13.1. The minimum atomic E-state index is -4.10. The highest BCUT2D eigenvalue weighted by molar-refractivity contribution is 7.85. The van der Waals surface area contributed by atoms with Crippen LogP contribution in [-0.4, -0.2) is 13.0 Å². The van der Waals surface area contributed by atoms with Crippen LogP contribution in [0.1, 0.15) is 30.4 Å². The highest BCUT2D eigenvalue weighted by atomic mass is 32.2. The number of hydrogen-bond acceptors (Lipinski definition) is 2. The standard InChI is InChI=1S/C16H18O3S/c1-13(7-8-14-5-3-2-4-6-14)15-9-11-16(12-10-15)20(17,18)19/h2-6,9-13H,7-8H2,1H3,(H,17,18,19). The maximum Gasteiger partial charge on any atom is 0.294 e. The zero-order chi connectivity index (χ0) is 14.6. The molecule has 2 aromatic carbocycles. The van der Waals surface area contributed by atoms with Crippen LogP contribution in [0, 0.1) is 0 Å². The van der Waals surface area contributed by atoms with E-state index in [4.69, 9.17) is 4.55 Å². The molecule has 1 N–H and O–H groups in total. The second-order valence-corrected chi connectivity index (χ2v) is 6.39. The summed E-state index contributed by atoms with van der Waals surface area (Å²) in [5.41, 5.74) is 2.38. The summed E-state index contributed by atoms with van der Waals surface area (Å²) in [5, 5.41) is 0. The van der Waals surface area contributed by atoms with Gasteiger partial charge in [0.1, 0.15) is 0 Å². The molecule has 20 heavy (non-hydrogen) atoms. The summed E-state index contributed by atoms with van der Waals surface area (Å²) >= 11 is 0. The van der Waals surface area contributed by atoms with Gasteiger partial charge in [-0.25, -0.2) is 0 Å². The Kier molecular flexibility index (Phi) is 4.57. The van der Waals surface area contributed by atoms with Crippen LogP contribution in [0.5, 0.6) is 0 Å². The number of aryl methyl sites for hydroxylation is 1. The molecule has 4 heteroatoms. The van der Waals surface area contributed by atoms with Gasteiger partial charge in [0.05, 0.1) is 4.90 Å². The molecule has 2 rings (SSSR count). The zero-order valence-electron chi connectivity index (χ0n) is 11.4. The fourth-order valence-electron chi connectivity index (χ4n) is 2.16. The molecule has 0 heterocycles. The Morgan fingerprint density at radius 2 is 1.60 bits per heavy atom. The van der Waals surface area contributed by atoms with Gasteiger partial charge < -0.3 is 0 Å². The van der Waals surface area contributed by atoms with Crippen molar-refractivity contribution < 1.29 is 13.0 Å². The highest BCUT2D eigenvalue weighted by Crippen LogP contribution is 2.22. The van der Waals surface area contributed by atoms with Gasteiger partial charge in [0, 0.05) is 0 Å². The molecule has 0 aromatic heterocycles. The molecular weight excluding hydrogens is 272 g/mol. The van der Waals surface area contributed by atoms with Gasteiger partial charge >= 0.3 is 0 Å². The van der Waals surface area contributed by atoms with Crippen molar-refractivity contribution in [3.8, 4) is 0 Å². The Morgan fingerprint density at radius 3 is 2.15 bits per heavy atom. The van der Waals surface area contributed by atoms with Crippen molar-refractivity contribution in [3.05, 3.63) is 65.7 Å². The summed E-state index contributed by atoms with van der Waals surface area (Å²) in [6.45, 7) is 2.12. The number of benzene rings is 2. The summed E-state index contributed by atoms with van der Waals surface area (Å²) in [6, 6.07) is 16.7.